The second-order valence-corrected chi connectivity index (χ2v) is 11.4. The van der Waals surface area contributed by atoms with E-state index in [1.807, 2.05) is 50.2 Å². The first-order valence-electron chi connectivity index (χ1n) is 15.4. The molecule has 5 aromatic rings. The molecular formula is C32H38N12O3. The van der Waals surface area contributed by atoms with E-state index in [0.29, 0.717) is 85.8 Å². The van der Waals surface area contributed by atoms with E-state index in [0.717, 1.165) is 36.0 Å². The van der Waals surface area contributed by atoms with Crippen LogP contribution in [-0.2, 0) is 9.47 Å². The Labute approximate surface area is 272 Å². The summed E-state index contributed by atoms with van der Waals surface area (Å²) in [7, 11) is 0. The predicted octanol–water partition coefficient (Wildman–Crippen LogP) is 3.02. The molecule has 4 N–H and O–H groups in total. The molecule has 5 aromatic heterocycles. The lowest BCUT2D eigenvalue weighted by Gasteiger charge is -2.43. The van der Waals surface area contributed by atoms with Crippen LogP contribution in [0, 0.1) is 26.0 Å². The summed E-state index contributed by atoms with van der Waals surface area (Å²) in [6.45, 7) is 10.4. The molecular weight excluding hydrogens is 600 g/mol. The third kappa shape index (κ3) is 7.49. The van der Waals surface area contributed by atoms with Crippen molar-refractivity contribution >= 4 is 23.3 Å². The minimum absolute atomic E-state index is 0.376. The van der Waals surface area contributed by atoms with Crippen molar-refractivity contribution in [1.82, 2.24) is 44.3 Å². The topological polar surface area (TPSA) is 192 Å². The number of rotatable bonds is 5. The molecule has 7 rings (SSSR count). The van der Waals surface area contributed by atoms with Crippen LogP contribution in [-0.4, -0.2) is 92.3 Å². The van der Waals surface area contributed by atoms with E-state index >= 15 is 0 Å². The molecule has 2 saturated heterocycles. The molecule has 2 aliphatic heterocycles. The van der Waals surface area contributed by atoms with Crippen LogP contribution in [0.15, 0.2) is 54.6 Å². The van der Waals surface area contributed by atoms with E-state index in [1.54, 1.807) is 29.8 Å². The average Bonchev–Trinajstić information content (AvgIpc) is 3.42. The Morgan fingerprint density at radius 2 is 1.34 bits per heavy atom. The summed E-state index contributed by atoms with van der Waals surface area (Å²) in [6.07, 6.45) is 0. The molecule has 0 atom stereocenters. The monoisotopic (exact) mass is 638 g/mol. The molecule has 7 heterocycles. The summed E-state index contributed by atoms with van der Waals surface area (Å²) in [5, 5.41) is 17.2. The number of nitrogens with two attached hydrogens (primary N) is 2. The molecule has 15 heteroatoms. The zero-order chi connectivity index (χ0) is 33.0. The molecule has 244 valence electrons. The molecule has 2 aliphatic rings. The maximum absolute atomic E-state index is 12.8. The van der Waals surface area contributed by atoms with Crippen molar-refractivity contribution in [2.45, 2.75) is 20.8 Å². The van der Waals surface area contributed by atoms with Gasteiger partial charge in [-0.25, -0.2) is 24.6 Å². The Hall–Kier alpha value is -5.09. The van der Waals surface area contributed by atoms with Crippen LogP contribution in [0.3, 0.4) is 0 Å². The average molecular weight is 639 g/mol. The second-order valence-electron chi connectivity index (χ2n) is 11.4. The van der Waals surface area contributed by atoms with Crippen LogP contribution in [0.2, 0.25) is 0 Å². The van der Waals surface area contributed by atoms with E-state index in [1.165, 1.54) is 0 Å². The van der Waals surface area contributed by atoms with Crippen LogP contribution >= 0.6 is 0 Å². The summed E-state index contributed by atoms with van der Waals surface area (Å²) in [4.78, 5) is 28.8. The first-order valence-corrected chi connectivity index (χ1v) is 15.4. The molecule has 47 heavy (non-hydrogen) atoms. The van der Waals surface area contributed by atoms with Gasteiger partial charge in [0.2, 0.25) is 5.82 Å². The van der Waals surface area contributed by atoms with Gasteiger partial charge in [0.1, 0.15) is 36.4 Å². The number of hydrogen-bond acceptors (Lipinski definition) is 13. The Balaban J connectivity index is 0.000000168. The number of anilines is 3. The van der Waals surface area contributed by atoms with Crippen LogP contribution in [0.5, 0.6) is 0 Å². The third-order valence-electron chi connectivity index (χ3n) is 7.73. The molecule has 2 fully saturated rings. The first-order chi connectivity index (χ1) is 22.7. The van der Waals surface area contributed by atoms with E-state index in [-0.39, 0.29) is 0 Å². The van der Waals surface area contributed by atoms with Crippen LogP contribution in [0.25, 0.3) is 28.7 Å². The van der Waals surface area contributed by atoms with Gasteiger partial charge < -0.3 is 35.7 Å². The predicted molar refractivity (Wildman–Crippen MR) is 179 cm³/mol. The lowest BCUT2D eigenvalue weighted by molar-refractivity contribution is 0.0602. The highest BCUT2D eigenvalue weighted by molar-refractivity contribution is 5.62. The number of nitrogen functional groups attached to an aromatic ring is 2. The van der Waals surface area contributed by atoms with Crippen molar-refractivity contribution in [1.29, 1.82) is 0 Å². The molecule has 0 radical (unpaired) electrons. The standard InChI is InChI=1S/C18H21N7O.C14H17N5O2/c1-12-10-13(2)25(23-12)18-21-15(11-16(19)22-18)14-4-3-5-17(20-14)24-6-8-26-9-7-24;1-10-16-12(9-13(15)17-10)11-3-2-4-14(18-11)19(20)5-7-21-8-6-19/h3-5,10-11H,6-9H2,1-2H3,(H2,19,21,22);2-4,9H,5-8H2,1H3,(H2,15,16,17). The lowest BCUT2D eigenvalue weighted by Crippen LogP contribution is -2.52. The van der Waals surface area contributed by atoms with Crippen LogP contribution < -0.4 is 21.0 Å². The van der Waals surface area contributed by atoms with Crippen molar-refractivity contribution in [3.05, 3.63) is 77.0 Å². The highest BCUT2D eigenvalue weighted by Gasteiger charge is 2.26. The van der Waals surface area contributed by atoms with Gasteiger partial charge in [0.05, 0.1) is 54.9 Å². The number of pyridine rings is 2. The van der Waals surface area contributed by atoms with Gasteiger partial charge in [-0.3, -0.25) is 0 Å². The lowest BCUT2D eigenvalue weighted by atomic mass is 10.2. The largest absolute Gasteiger partial charge is 0.626 e. The first kappa shape index (κ1) is 31.9. The van der Waals surface area contributed by atoms with Crippen molar-refractivity contribution in [2.24, 2.45) is 0 Å². The van der Waals surface area contributed by atoms with Crippen molar-refractivity contribution in [2.75, 3.05) is 69.0 Å². The summed E-state index contributed by atoms with van der Waals surface area (Å²) in [5.74, 6) is 3.19. The maximum Gasteiger partial charge on any atom is 0.253 e. The van der Waals surface area contributed by atoms with Gasteiger partial charge in [0.25, 0.3) is 5.95 Å². The fraction of sp³-hybridized carbons (Fsp3) is 0.344. The van der Waals surface area contributed by atoms with Crippen LogP contribution in [0.4, 0.5) is 23.3 Å². The Morgan fingerprint density at radius 3 is 2.02 bits per heavy atom. The second kappa shape index (κ2) is 13.7. The minimum atomic E-state index is -0.465. The Morgan fingerprint density at radius 1 is 0.702 bits per heavy atom. The number of aryl methyl sites for hydroxylation is 3. The fourth-order valence-electron chi connectivity index (χ4n) is 5.43. The van der Waals surface area contributed by atoms with Crippen molar-refractivity contribution in [3.63, 3.8) is 0 Å². The summed E-state index contributed by atoms with van der Waals surface area (Å²) in [5.41, 5.74) is 16.3. The highest BCUT2D eigenvalue weighted by Crippen LogP contribution is 2.26. The summed E-state index contributed by atoms with van der Waals surface area (Å²) in [6, 6.07) is 16.7. The molecule has 0 bridgehead atoms. The number of aromatic nitrogens is 8. The van der Waals surface area contributed by atoms with Gasteiger partial charge in [-0.2, -0.15) is 15.1 Å². The van der Waals surface area contributed by atoms with E-state index in [2.05, 4.69) is 34.9 Å². The van der Waals surface area contributed by atoms with Gasteiger partial charge >= 0.3 is 0 Å². The van der Waals surface area contributed by atoms with E-state index in [4.69, 9.17) is 25.9 Å². The zero-order valence-electron chi connectivity index (χ0n) is 26.7. The number of hydroxylamine groups is 2. The van der Waals surface area contributed by atoms with Crippen molar-refractivity contribution < 1.29 is 9.47 Å². The molecule has 0 spiro atoms. The fourth-order valence-corrected chi connectivity index (χ4v) is 5.43. The summed E-state index contributed by atoms with van der Waals surface area (Å²) < 4.78 is 11.9. The number of nitrogens with zero attached hydrogens (tertiary/aromatic N) is 10. The third-order valence-corrected chi connectivity index (χ3v) is 7.73. The minimum Gasteiger partial charge on any atom is -0.626 e. The van der Waals surface area contributed by atoms with Gasteiger partial charge in [-0.15, -0.1) is 0 Å². The van der Waals surface area contributed by atoms with E-state index < -0.39 is 4.65 Å². The highest BCUT2D eigenvalue weighted by atomic mass is 16.6. The number of morpholine rings is 2. The molecule has 0 saturated carbocycles. The zero-order valence-corrected chi connectivity index (χ0v) is 26.7. The van der Waals surface area contributed by atoms with Gasteiger partial charge in [0.15, 0.2) is 0 Å². The smallest absolute Gasteiger partial charge is 0.253 e. The normalized spacial score (nSPS) is 16.0. The maximum atomic E-state index is 12.8. The van der Waals surface area contributed by atoms with Gasteiger partial charge in [0, 0.05) is 37.0 Å². The number of ether oxygens (including phenoxy) is 2. The Bertz CT molecular complexity index is 1830. The quantitative estimate of drug-likeness (QED) is 0.211. The van der Waals surface area contributed by atoms with Gasteiger partial charge in [-0.1, -0.05) is 12.1 Å². The van der Waals surface area contributed by atoms with E-state index in [9.17, 15) is 5.21 Å². The van der Waals surface area contributed by atoms with Crippen LogP contribution in [0.1, 0.15) is 17.2 Å². The van der Waals surface area contributed by atoms with Crippen molar-refractivity contribution in [3.8, 4) is 28.7 Å². The molecule has 15 nitrogen and oxygen atoms in total. The van der Waals surface area contributed by atoms with Gasteiger partial charge in [-0.05, 0) is 45.0 Å². The molecule has 0 aliphatic carbocycles. The number of quaternary nitrogens is 1. The molecule has 0 amide bonds. The SMILES string of the molecule is Cc1cc(C)n(-c2nc(N)cc(-c3cccc(N4CCOCC4)n3)n2)n1.Cc1nc(N)cc(-c2cccc([N+]3([O-])CCOCC3)n2)n1. The molecule has 0 unspecified atom stereocenters. The Kier molecular flexibility index (Phi) is 9.31. The molecule has 0 aromatic carbocycles. The number of hydrogen-bond donors (Lipinski definition) is 2. The summed E-state index contributed by atoms with van der Waals surface area (Å²) >= 11 is 0.